The molecular weight excluding hydrogens is 371 g/mol. The van der Waals surface area contributed by atoms with Crippen LogP contribution < -0.4 is 0 Å². The first-order valence-corrected chi connectivity index (χ1v) is 11.0. The zero-order chi connectivity index (χ0) is 19.3. The van der Waals surface area contributed by atoms with E-state index in [1.807, 2.05) is 0 Å². The zero-order valence-corrected chi connectivity index (χ0v) is 16.2. The second kappa shape index (κ2) is 6.60. The number of esters is 1. The lowest BCUT2D eigenvalue weighted by molar-refractivity contribution is -0.0317. The van der Waals surface area contributed by atoms with Gasteiger partial charge in [0.05, 0.1) is 17.3 Å². The molecule has 6 nitrogen and oxygen atoms in total. The van der Waals surface area contributed by atoms with Gasteiger partial charge in [0.15, 0.2) is 0 Å². The summed E-state index contributed by atoms with van der Waals surface area (Å²) in [5, 5.41) is 0.249. The van der Waals surface area contributed by atoms with Crippen LogP contribution in [0, 0.1) is 5.82 Å². The molecule has 8 heteroatoms. The lowest BCUT2D eigenvalue weighted by atomic mass is 9.83. The molecule has 27 heavy (non-hydrogen) atoms. The fourth-order valence-corrected chi connectivity index (χ4v) is 5.30. The molecule has 2 aliphatic heterocycles. The van der Waals surface area contributed by atoms with Gasteiger partial charge in [0.25, 0.3) is 0 Å². The van der Waals surface area contributed by atoms with E-state index in [1.54, 1.807) is 0 Å². The monoisotopic (exact) mass is 394 g/mol. The SMILES string of the molecule is CN1[C@@H]2CCC[C@H]1C[C@H](OC(=O)c1cn(S(C)(=O)=O)c3ccc(F)cc13)C2. The molecule has 0 aliphatic carbocycles. The Bertz CT molecular complexity index is 987. The molecule has 146 valence electrons. The number of carbonyl (C=O) groups is 1. The molecule has 1 aromatic carbocycles. The van der Waals surface area contributed by atoms with Crippen LogP contribution in [0.15, 0.2) is 24.4 Å². The molecule has 0 radical (unpaired) electrons. The van der Waals surface area contributed by atoms with Crippen LogP contribution >= 0.6 is 0 Å². The molecule has 2 bridgehead atoms. The minimum Gasteiger partial charge on any atom is -0.459 e. The van der Waals surface area contributed by atoms with Gasteiger partial charge in [0.2, 0.25) is 10.0 Å². The zero-order valence-electron chi connectivity index (χ0n) is 15.4. The minimum atomic E-state index is -3.63. The topological polar surface area (TPSA) is 68.6 Å². The highest BCUT2D eigenvalue weighted by Gasteiger charge is 2.38. The van der Waals surface area contributed by atoms with Crippen molar-refractivity contribution in [3.05, 3.63) is 35.8 Å². The summed E-state index contributed by atoms with van der Waals surface area (Å²) in [6.07, 6.45) is 7.02. The third kappa shape index (κ3) is 3.36. The quantitative estimate of drug-likeness (QED) is 0.749. The van der Waals surface area contributed by atoms with Crippen molar-refractivity contribution in [2.45, 2.75) is 50.3 Å². The average molecular weight is 394 g/mol. The number of hydrogen-bond acceptors (Lipinski definition) is 5. The van der Waals surface area contributed by atoms with Crippen LogP contribution in [0.4, 0.5) is 4.39 Å². The number of benzene rings is 1. The van der Waals surface area contributed by atoms with E-state index in [1.165, 1.54) is 30.8 Å². The van der Waals surface area contributed by atoms with Gasteiger partial charge in [-0.05, 0) is 38.1 Å². The maximum absolute atomic E-state index is 13.7. The van der Waals surface area contributed by atoms with Crippen LogP contribution in [-0.2, 0) is 14.8 Å². The molecule has 0 N–H and O–H groups in total. The van der Waals surface area contributed by atoms with Crippen LogP contribution in [-0.4, -0.2) is 54.8 Å². The summed E-state index contributed by atoms with van der Waals surface area (Å²) in [5.41, 5.74) is 0.352. The molecule has 4 rings (SSSR count). The molecule has 3 heterocycles. The molecule has 3 atom stereocenters. The normalized spacial score (nSPS) is 26.3. The number of aromatic nitrogens is 1. The van der Waals surface area contributed by atoms with Crippen molar-refractivity contribution in [2.75, 3.05) is 13.3 Å². The number of hydrogen-bond donors (Lipinski definition) is 0. The van der Waals surface area contributed by atoms with Gasteiger partial charge in [-0.3, -0.25) is 0 Å². The van der Waals surface area contributed by atoms with Crippen molar-refractivity contribution in [1.29, 1.82) is 0 Å². The molecule has 0 spiro atoms. The fourth-order valence-electron chi connectivity index (χ4n) is 4.49. The number of carbonyl (C=O) groups excluding carboxylic acids is 1. The molecule has 2 fully saturated rings. The molecule has 1 aromatic heterocycles. The molecular formula is C19H23FN2O4S. The van der Waals surface area contributed by atoms with E-state index in [-0.39, 0.29) is 22.6 Å². The first-order chi connectivity index (χ1) is 12.7. The van der Waals surface area contributed by atoms with E-state index < -0.39 is 21.8 Å². The number of halogens is 1. The lowest BCUT2D eigenvalue weighted by Gasteiger charge is -2.46. The largest absolute Gasteiger partial charge is 0.459 e. The first-order valence-electron chi connectivity index (χ1n) is 9.18. The molecule has 0 amide bonds. The Kier molecular flexibility index (Phi) is 4.50. The Labute approximate surface area is 157 Å². The number of nitrogens with zero attached hydrogens (tertiary/aromatic N) is 2. The Balaban J connectivity index is 1.64. The van der Waals surface area contributed by atoms with Gasteiger partial charge in [-0.25, -0.2) is 21.6 Å². The van der Waals surface area contributed by atoms with Crippen molar-refractivity contribution >= 4 is 26.9 Å². The number of piperidine rings is 2. The van der Waals surface area contributed by atoms with Crippen molar-refractivity contribution in [1.82, 2.24) is 8.87 Å². The summed E-state index contributed by atoms with van der Waals surface area (Å²) >= 11 is 0. The number of fused-ring (bicyclic) bond motifs is 3. The summed E-state index contributed by atoms with van der Waals surface area (Å²) in [4.78, 5) is 15.2. The standard InChI is InChI=1S/C19H23FN2O4S/c1-21-13-4-3-5-14(21)10-15(9-13)26-19(23)17-11-22(27(2,24)25)18-7-6-12(20)8-16(17)18/h6-8,11,13-15H,3-5,9-10H2,1-2H3/t13-,14+,15-. The third-order valence-corrected chi connectivity index (χ3v) is 6.90. The third-order valence-electron chi connectivity index (χ3n) is 5.88. The van der Waals surface area contributed by atoms with E-state index in [9.17, 15) is 17.6 Å². The highest BCUT2D eigenvalue weighted by Crippen LogP contribution is 2.34. The second-order valence-corrected chi connectivity index (χ2v) is 9.53. The average Bonchev–Trinajstić information content (AvgIpc) is 2.94. The second-order valence-electron chi connectivity index (χ2n) is 7.67. The van der Waals surface area contributed by atoms with Gasteiger partial charge in [-0.15, -0.1) is 0 Å². The molecule has 0 saturated carbocycles. The smallest absolute Gasteiger partial charge is 0.340 e. The summed E-state index contributed by atoms with van der Waals surface area (Å²) in [5.74, 6) is -1.13. The van der Waals surface area contributed by atoms with Crippen molar-refractivity contribution in [2.24, 2.45) is 0 Å². The van der Waals surface area contributed by atoms with Crippen LogP contribution in [0.3, 0.4) is 0 Å². The van der Waals surface area contributed by atoms with Gasteiger partial charge in [0.1, 0.15) is 11.9 Å². The van der Waals surface area contributed by atoms with Gasteiger partial charge in [-0.2, -0.15) is 0 Å². The predicted octanol–water partition coefficient (Wildman–Crippen LogP) is 2.76. The summed E-state index contributed by atoms with van der Waals surface area (Å²) < 4.78 is 44.5. The summed E-state index contributed by atoms with van der Waals surface area (Å²) in [6.45, 7) is 0. The Morgan fingerprint density at radius 3 is 2.52 bits per heavy atom. The maximum atomic E-state index is 13.7. The molecule has 2 aromatic rings. The molecule has 2 saturated heterocycles. The van der Waals surface area contributed by atoms with Crippen LogP contribution in [0.5, 0.6) is 0 Å². The van der Waals surface area contributed by atoms with Crippen LogP contribution in [0.1, 0.15) is 42.5 Å². The Morgan fingerprint density at radius 2 is 1.89 bits per heavy atom. The van der Waals surface area contributed by atoms with E-state index in [2.05, 4.69) is 11.9 Å². The predicted molar refractivity (Wildman–Crippen MR) is 99.8 cm³/mol. The van der Waals surface area contributed by atoms with Crippen molar-refractivity contribution < 1.29 is 22.3 Å². The fraction of sp³-hybridized carbons (Fsp3) is 0.526. The van der Waals surface area contributed by atoms with Gasteiger partial charge < -0.3 is 9.64 Å². The summed E-state index contributed by atoms with van der Waals surface area (Å²) in [6, 6.07) is 4.53. The Morgan fingerprint density at radius 1 is 1.22 bits per heavy atom. The van der Waals surface area contributed by atoms with Gasteiger partial charge >= 0.3 is 5.97 Å². The highest BCUT2D eigenvalue weighted by atomic mass is 32.2. The van der Waals surface area contributed by atoms with Gasteiger partial charge in [0, 0.05) is 36.5 Å². The lowest BCUT2D eigenvalue weighted by Crippen LogP contribution is -2.52. The van der Waals surface area contributed by atoms with E-state index in [0.717, 1.165) is 35.9 Å². The molecule has 2 aliphatic rings. The number of rotatable bonds is 3. The van der Waals surface area contributed by atoms with Gasteiger partial charge in [-0.1, -0.05) is 6.42 Å². The maximum Gasteiger partial charge on any atom is 0.340 e. The first kappa shape index (κ1) is 18.4. The van der Waals surface area contributed by atoms with Crippen LogP contribution in [0.2, 0.25) is 0 Å². The van der Waals surface area contributed by atoms with Crippen molar-refractivity contribution in [3.63, 3.8) is 0 Å². The Hall–Kier alpha value is -1.93. The minimum absolute atomic E-state index is 0.0824. The van der Waals surface area contributed by atoms with E-state index >= 15 is 0 Å². The van der Waals surface area contributed by atoms with Crippen LogP contribution in [0.25, 0.3) is 10.9 Å². The van der Waals surface area contributed by atoms with E-state index in [4.69, 9.17) is 4.74 Å². The van der Waals surface area contributed by atoms with E-state index in [0.29, 0.717) is 12.1 Å². The molecule has 0 unspecified atom stereocenters. The van der Waals surface area contributed by atoms with Crippen molar-refractivity contribution in [3.8, 4) is 0 Å². The number of ether oxygens (including phenoxy) is 1. The highest BCUT2D eigenvalue weighted by molar-refractivity contribution is 7.89. The summed E-state index contributed by atoms with van der Waals surface area (Å²) in [7, 11) is -1.51.